The first-order valence-corrected chi connectivity index (χ1v) is 10.7. The lowest BCUT2D eigenvalue weighted by Crippen LogP contribution is -2.47. The predicted octanol–water partition coefficient (Wildman–Crippen LogP) is 3.09. The summed E-state index contributed by atoms with van der Waals surface area (Å²) < 4.78 is 18.6. The van der Waals surface area contributed by atoms with E-state index in [-0.39, 0.29) is 5.91 Å². The molecule has 1 aromatic heterocycles. The van der Waals surface area contributed by atoms with Crippen LogP contribution >= 0.6 is 0 Å². The summed E-state index contributed by atoms with van der Waals surface area (Å²) in [4.78, 5) is 33.6. The van der Waals surface area contributed by atoms with Crippen molar-refractivity contribution in [3.63, 3.8) is 0 Å². The molecule has 2 amide bonds. The van der Waals surface area contributed by atoms with E-state index >= 15 is 0 Å². The number of hydrogen-bond donors (Lipinski definition) is 2. The summed E-state index contributed by atoms with van der Waals surface area (Å²) in [7, 11) is 0. The zero-order chi connectivity index (χ0) is 22.9. The average Bonchev–Trinajstić information content (AvgIpc) is 3.19. The third-order valence-electron chi connectivity index (χ3n) is 4.49. The summed E-state index contributed by atoms with van der Waals surface area (Å²) >= 11 is 0. The summed E-state index contributed by atoms with van der Waals surface area (Å²) in [5.74, 6) is 6.17. The lowest BCUT2D eigenvalue weighted by Gasteiger charge is -2.28. The predicted molar refractivity (Wildman–Crippen MR) is 116 cm³/mol. The molecule has 1 atom stereocenters. The lowest BCUT2D eigenvalue weighted by molar-refractivity contribution is -0.125. The first-order chi connectivity index (χ1) is 14.7. The van der Waals surface area contributed by atoms with Gasteiger partial charge in [-0.3, -0.25) is 9.69 Å². The Morgan fingerprint density at radius 3 is 2.84 bits per heavy atom. The Bertz CT molecular complexity index is 829. The van der Waals surface area contributed by atoms with Gasteiger partial charge < -0.3 is 15.4 Å². The normalized spacial score (nSPS) is 15.8. The van der Waals surface area contributed by atoms with Gasteiger partial charge in [-0.05, 0) is 46.5 Å². The zero-order valence-electron chi connectivity index (χ0n) is 18.8. The van der Waals surface area contributed by atoms with Gasteiger partial charge in [-0.15, -0.1) is 0 Å². The highest BCUT2D eigenvalue weighted by molar-refractivity contribution is 5.86. The fraction of sp³-hybridized carbons (Fsp3) is 0.636. The molecule has 1 aliphatic heterocycles. The minimum absolute atomic E-state index is 0.172. The van der Waals surface area contributed by atoms with Crippen LogP contribution in [0.4, 0.5) is 15.0 Å². The maximum absolute atomic E-state index is 13.2. The van der Waals surface area contributed by atoms with Gasteiger partial charge in [0, 0.05) is 26.1 Å². The van der Waals surface area contributed by atoms with E-state index in [1.807, 2.05) is 6.92 Å². The number of carbonyl (C=O) groups excluding carboxylic acids is 2. The number of nitrogens with zero attached hydrogens (tertiary/aromatic N) is 3. The van der Waals surface area contributed by atoms with Crippen LogP contribution in [0.3, 0.4) is 0 Å². The van der Waals surface area contributed by atoms with Crippen LogP contribution in [0.15, 0.2) is 6.20 Å². The van der Waals surface area contributed by atoms with Crippen molar-refractivity contribution in [3.05, 3.63) is 17.8 Å². The van der Waals surface area contributed by atoms with Crippen molar-refractivity contribution in [2.24, 2.45) is 0 Å². The molecule has 1 fully saturated rings. The molecule has 1 aliphatic rings. The van der Waals surface area contributed by atoms with Gasteiger partial charge in [0.1, 0.15) is 17.5 Å². The summed E-state index contributed by atoms with van der Waals surface area (Å²) in [6.07, 6.45) is 3.60. The molecular formula is C22H32FN5O3. The molecule has 0 unspecified atom stereocenters. The number of likely N-dealkylation sites (tertiary alicyclic amines) is 1. The van der Waals surface area contributed by atoms with Gasteiger partial charge in [-0.2, -0.15) is 9.37 Å². The zero-order valence-corrected chi connectivity index (χ0v) is 18.8. The number of rotatable bonds is 7. The van der Waals surface area contributed by atoms with Gasteiger partial charge >= 0.3 is 12.2 Å². The monoisotopic (exact) mass is 433 g/mol. The molecule has 2 N–H and O–H groups in total. The molecule has 170 valence electrons. The van der Waals surface area contributed by atoms with Crippen LogP contribution < -0.4 is 10.6 Å². The second-order valence-electron chi connectivity index (χ2n) is 8.36. The Kier molecular flexibility index (Phi) is 9.03. The number of nitrogens with one attached hydrogen (secondary N) is 2. The van der Waals surface area contributed by atoms with Crippen molar-refractivity contribution in [2.45, 2.75) is 71.4 Å². The Morgan fingerprint density at radius 1 is 1.35 bits per heavy atom. The number of ether oxygens (including phenoxy) is 1. The van der Waals surface area contributed by atoms with E-state index in [1.54, 1.807) is 20.8 Å². The number of aromatic nitrogens is 2. The second-order valence-corrected chi connectivity index (χ2v) is 8.36. The highest BCUT2D eigenvalue weighted by Crippen LogP contribution is 2.21. The maximum Gasteiger partial charge on any atom is 0.410 e. The van der Waals surface area contributed by atoms with Gasteiger partial charge in [-0.1, -0.05) is 18.8 Å². The van der Waals surface area contributed by atoms with Crippen LogP contribution in [-0.4, -0.2) is 58.1 Å². The molecule has 0 aromatic carbocycles. The summed E-state index contributed by atoms with van der Waals surface area (Å²) in [5, 5.41) is 5.91. The number of anilines is 1. The first-order valence-electron chi connectivity index (χ1n) is 10.7. The van der Waals surface area contributed by atoms with Crippen molar-refractivity contribution >= 4 is 17.8 Å². The maximum atomic E-state index is 13.2. The van der Waals surface area contributed by atoms with Crippen molar-refractivity contribution in [1.82, 2.24) is 20.2 Å². The number of unbranched alkanes of at least 4 members (excludes halogenated alkanes) is 1. The highest BCUT2D eigenvalue weighted by atomic mass is 19.1. The largest absolute Gasteiger partial charge is 0.444 e. The fourth-order valence-corrected chi connectivity index (χ4v) is 3.07. The Labute approximate surface area is 183 Å². The van der Waals surface area contributed by atoms with Crippen LogP contribution in [0.2, 0.25) is 0 Å². The van der Waals surface area contributed by atoms with Crippen molar-refractivity contribution < 1.29 is 18.7 Å². The molecule has 0 aliphatic carbocycles. The van der Waals surface area contributed by atoms with Crippen LogP contribution in [-0.2, 0) is 9.53 Å². The third-order valence-corrected chi connectivity index (χ3v) is 4.49. The van der Waals surface area contributed by atoms with Crippen molar-refractivity contribution in [1.29, 1.82) is 0 Å². The Hall–Kier alpha value is -2.89. The summed E-state index contributed by atoms with van der Waals surface area (Å²) in [5.41, 5.74) is -0.0567. The molecule has 1 saturated heterocycles. The molecule has 0 saturated carbocycles. The van der Waals surface area contributed by atoms with E-state index in [2.05, 4.69) is 32.4 Å². The molecule has 9 heteroatoms. The topological polar surface area (TPSA) is 96.5 Å². The molecule has 1 aromatic rings. The molecule has 8 nitrogen and oxygen atoms in total. The fourth-order valence-electron chi connectivity index (χ4n) is 3.07. The molecule has 0 radical (unpaired) electrons. The van der Waals surface area contributed by atoms with E-state index in [0.717, 1.165) is 12.8 Å². The highest BCUT2D eigenvalue weighted by Gasteiger charge is 2.36. The van der Waals surface area contributed by atoms with Crippen LogP contribution in [0.25, 0.3) is 0 Å². The van der Waals surface area contributed by atoms with Gasteiger partial charge in [0.25, 0.3) is 0 Å². The van der Waals surface area contributed by atoms with Crippen LogP contribution in [0.1, 0.15) is 65.4 Å². The molecule has 0 spiro atoms. The van der Waals surface area contributed by atoms with Crippen molar-refractivity contribution in [3.8, 4) is 11.8 Å². The van der Waals surface area contributed by atoms with Gasteiger partial charge in [0.2, 0.25) is 5.91 Å². The summed E-state index contributed by atoms with van der Waals surface area (Å²) in [6, 6.07) is -0.496. The van der Waals surface area contributed by atoms with Crippen LogP contribution in [0, 0.1) is 17.9 Å². The Morgan fingerprint density at radius 2 is 2.13 bits per heavy atom. The second kappa shape index (κ2) is 11.5. The summed E-state index contributed by atoms with van der Waals surface area (Å²) in [6.45, 7) is 9.05. The van der Waals surface area contributed by atoms with E-state index in [1.165, 1.54) is 11.1 Å². The van der Waals surface area contributed by atoms with E-state index in [0.29, 0.717) is 50.3 Å². The standard InChI is InChI=1S/C22H32FN5O3/c1-5-12-24-18-16(15-26-20(23)27-18)10-7-6-8-13-25-19(29)17-11-9-14-28(17)21(30)31-22(2,3)4/h15,17H,5-6,8-9,11-14H2,1-4H3,(H,25,29)(H,24,26,27)/t17-/m0/s1. The van der Waals surface area contributed by atoms with E-state index in [9.17, 15) is 14.0 Å². The number of hydrogen-bond acceptors (Lipinski definition) is 6. The number of amides is 2. The Balaban J connectivity index is 1.80. The smallest absolute Gasteiger partial charge is 0.410 e. The van der Waals surface area contributed by atoms with E-state index in [4.69, 9.17) is 4.74 Å². The van der Waals surface area contributed by atoms with E-state index < -0.39 is 23.8 Å². The third kappa shape index (κ3) is 8.04. The molecule has 2 rings (SSSR count). The van der Waals surface area contributed by atoms with Gasteiger partial charge in [-0.25, -0.2) is 9.78 Å². The SMILES string of the molecule is CCCNc1nc(F)ncc1C#CCCCNC(=O)[C@@H]1CCCN1C(=O)OC(C)(C)C. The van der Waals surface area contributed by atoms with Crippen molar-refractivity contribution in [2.75, 3.05) is 25.0 Å². The minimum atomic E-state index is -0.792. The molecule has 31 heavy (non-hydrogen) atoms. The molecular weight excluding hydrogens is 401 g/mol. The number of carbonyl (C=O) groups is 2. The number of halogens is 1. The lowest BCUT2D eigenvalue weighted by atomic mass is 10.2. The van der Waals surface area contributed by atoms with Gasteiger partial charge in [0.15, 0.2) is 0 Å². The molecule has 0 bridgehead atoms. The first kappa shape index (κ1) is 24.4. The molecule has 2 heterocycles. The van der Waals surface area contributed by atoms with Crippen LogP contribution in [0.5, 0.6) is 0 Å². The van der Waals surface area contributed by atoms with Gasteiger partial charge in [0.05, 0.1) is 11.8 Å². The minimum Gasteiger partial charge on any atom is -0.444 e. The quantitative estimate of drug-likeness (QED) is 0.390. The average molecular weight is 434 g/mol.